The van der Waals surface area contributed by atoms with E-state index in [1.165, 1.54) is 0 Å². The first-order valence-electron chi connectivity index (χ1n) is 8.26. The van der Waals surface area contributed by atoms with Crippen molar-refractivity contribution in [3.05, 3.63) is 60.3 Å². The van der Waals surface area contributed by atoms with Gasteiger partial charge in [-0.15, -0.1) is 0 Å². The molecule has 0 unspecified atom stereocenters. The van der Waals surface area contributed by atoms with E-state index in [1.54, 1.807) is 42.4 Å². The highest BCUT2D eigenvalue weighted by molar-refractivity contribution is 6.07. The van der Waals surface area contributed by atoms with Gasteiger partial charge in [0, 0.05) is 25.2 Å². The highest BCUT2D eigenvalue weighted by Crippen LogP contribution is 2.28. The van der Waals surface area contributed by atoms with Gasteiger partial charge in [-0.3, -0.25) is 9.48 Å². The van der Waals surface area contributed by atoms with Crippen LogP contribution in [0.3, 0.4) is 0 Å². The molecule has 0 N–H and O–H groups in total. The van der Waals surface area contributed by atoms with E-state index in [2.05, 4.69) is 11.2 Å². The van der Waals surface area contributed by atoms with E-state index in [0.717, 1.165) is 27.6 Å². The zero-order chi connectivity index (χ0) is 18.3. The first-order chi connectivity index (χ1) is 12.6. The lowest BCUT2D eigenvalue weighted by Crippen LogP contribution is -2.29. The molecule has 4 rings (SSSR count). The lowest BCUT2D eigenvalue weighted by molar-refractivity contribution is -0.118. The molecule has 0 saturated heterocycles. The number of nitrogens with zero attached hydrogens (tertiary/aromatic N) is 5. The maximum absolute atomic E-state index is 12.9. The first kappa shape index (κ1) is 15.9. The van der Waals surface area contributed by atoms with Gasteiger partial charge in [-0.2, -0.15) is 10.4 Å². The summed E-state index contributed by atoms with van der Waals surface area (Å²) in [6.07, 6.45) is 1.80. The van der Waals surface area contributed by atoms with Crippen LogP contribution in [0.1, 0.15) is 5.56 Å². The number of carbonyl (C=O) groups excluding carboxylic acids is 1. The van der Waals surface area contributed by atoms with E-state index in [0.29, 0.717) is 5.56 Å². The second kappa shape index (κ2) is 6.05. The Morgan fingerprint density at radius 2 is 1.88 bits per heavy atom. The minimum absolute atomic E-state index is 0.0405. The van der Waals surface area contributed by atoms with Crippen molar-refractivity contribution in [2.45, 2.75) is 6.54 Å². The Morgan fingerprint density at radius 1 is 1.15 bits per heavy atom. The smallest absolute Gasteiger partial charge is 0.246 e. The zero-order valence-electron chi connectivity index (χ0n) is 14.5. The average Bonchev–Trinajstić information content (AvgIpc) is 3.20. The second-order valence-electron chi connectivity index (χ2n) is 6.22. The molecule has 0 aliphatic carbocycles. The number of aryl methyl sites for hydroxylation is 1. The topological polar surface area (TPSA) is 66.8 Å². The maximum Gasteiger partial charge on any atom is 0.246 e. The van der Waals surface area contributed by atoms with Crippen LogP contribution in [0.2, 0.25) is 0 Å². The number of amides is 1. The number of hydrogen-bond acceptors (Lipinski definition) is 3. The lowest BCUT2D eigenvalue weighted by atomic mass is 10.2. The Bertz CT molecular complexity index is 1160. The number of anilines is 1. The van der Waals surface area contributed by atoms with Gasteiger partial charge in [-0.1, -0.05) is 18.2 Å². The maximum atomic E-state index is 12.9. The minimum Gasteiger partial charge on any atom is -0.328 e. The summed E-state index contributed by atoms with van der Waals surface area (Å²) < 4.78 is 3.84. The third-order valence-corrected chi connectivity index (χ3v) is 4.71. The van der Waals surface area contributed by atoms with Crippen LogP contribution in [-0.4, -0.2) is 27.3 Å². The van der Waals surface area contributed by atoms with Crippen molar-refractivity contribution in [1.82, 2.24) is 14.3 Å². The van der Waals surface area contributed by atoms with Crippen molar-refractivity contribution in [3.8, 4) is 6.07 Å². The fourth-order valence-electron chi connectivity index (χ4n) is 3.29. The first-order valence-corrected chi connectivity index (χ1v) is 8.26. The Balaban J connectivity index is 1.71. The van der Waals surface area contributed by atoms with Crippen LogP contribution >= 0.6 is 0 Å². The van der Waals surface area contributed by atoms with Gasteiger partial charge in [0.25, 0.3) is 0 Å². The standard InChI is InChI=1S/C20H17N5O/c1-23(15-9-7-14(11-21)8-10-15)19(26)13-25-17-6-4-3-5-16(17)20-18(25)12-22-24(20)2/h3-10,12H,13H2,1-2H3. The van der Waals surface area contributed by atoms with Crippen LogP contribution < -0.4 is 4.90 Å². The summed E-state index contributed by atoms with van der Waals surface area (Å²) in [4.78, 5) is 14.5. The summed E-state index contributed by atoms with van der Waals surface area (Å²) in [6, 6.07) is 17.1. The largest absolute Gasteiger partial charge is 0.328 e. The molecule has 0 spiro atoms. The molecule has 26 heavy (non-hydrogen) atoms. The molecule has 4 aromatic rings. The van der Waals surface area contributed by atoms with Crippen molar-refractivity contribution < 1.29 is 4.79 Å². The fourth-order valence-corrected chi connectivity index (χ4v) is 3.29. The monoisotopic (exact) mass is 343 g/mol. The van der Waals surface area contributed by atoms with Gasteiger partial charge < -0.3 is 9.47 Å². The predicted octanol–water partition coefficient (Wildman–Crippen LogP) is 3.06. The third kappa shape index (κ3) is 2.42. The number of hydrogen-bond donors (Lipinski definition) is 0. The normalized spacial score (nSPS) is 11.0. The average molecular weight is 343 g/mol. The summed E-state index contributed by atoms with van der Waals surface area (Å²) in [7, 11) is 3.65. The van der Waals surface area contributed by atoms with Crippen molar-refractivity contribution in [3.63, 3.8) is 0 Å². The van der Waals surface area contributed by atoms with Crippen LogP contribution in [0.15, 0.2) is 54.7 Å². The van der Waals surface area contributed by atoms with Crippen LogP contribution in [0.25, 0.3) is 21.9 Å². The fraction of sp³-hybridized carbons (Fsp3) is 0.150. The molecular formula is C20H17N5O. The molecule has 0 atom stereocenters. The Morgan fingerprint density at radius 3 is 2.62 bits per heavy atom. The van der Waals surface area contributed by atoms with Crippen molar-refractivity contribution >= 4 is 33.5 Å². The molecule has 128 valence electrons. The predicted molar refractivity (Wildman–Crippen MR) is 101 cm³/mol. The van der Waals surface area contributed by atoms with Gasteiger partial charge in [0.2, 0.25) is 5.91 Å². The number of benzene rings is 2. The molecule has 1 amide bonds. The highest BCUT2D eigenvalue weighted by atomic mass is 16.2. The van der Waals surface area contributed by atoms with Crippen LogP contribution in [-0.2, 0) is 18.4 Å². The number of likely N-dealkylation sites (N-methyl/N-ethyl adjacent to an activating group) is 1. The Kier molecular flexibility index (Phi) is 3.70. The van der Waals surface area contributed by atoms with Crippen molar-refractivity contribution in [1.29, 1.82) is 5.26 Å². The molecule has 0 aliphatic rings. The van der Waals surface area contributed by atoms with Crippen LogP contribution in [0, 0.1) is 11.3 Å². The molecule has 0 bridgehead atoms. The zero-order valence-corrected chi connectivity index (χ0v) is 14.5. The molecule has 0 radical (unpaired) electrons. The molecule has 6 nitrogen and oxygen atoms in total. The van der Waals surface area contributed by atoms with E-state index < -0.39 is 0 Å². The van der Waals surface area contributed by atoms with Crippen LogP contribution in [0.5, 0.6) is 0 Å². The van der Waals surface area contributed by atoms with Gasteiger partial charge in [0.05, 0.1) is 34.4 Å². The molecule has 2 aromatic heterocycles. The second-order valence-corrected chi connectivity index (χ2v) is 6.22. The summed E-state index contributed by atoms with van der Waals surface area (Å²) in [5.74, 6) is -0.0405. The Labute approximate surface area is 150 Å². The van der Waals surface area contributed by atoms with Crippen molar-refractivity contribution in [2.75, 3.05) is 11.9 Å². The van der Waals surface area contributed by atoms with E-state index in [4.69, 9.17) is 5.26 Å². The van der Waals surface area contributed by atoms with Gasteiger partial charge in [-0.25, -0.2) is 0 Å². The number of nitriles is 1. The number of aromatic nitrogens is 3. The number of carbonyl (C=O) groups is 1. The highest BCUT2D eigenvalue weighted by Gasteiger charge is 2.18. The lowest BCUT2D eigenvalue weighted by Gasteiger charge is -2.18. The van der Waals surface area contributed by atoms with E-state index in [1.807, 2.05) is 40.6 Å². The molecule has 2 aromatic carbocycles. The number of para-hydroxylation sites is 1. The molecule has 2 heterocycles. The minimum atomic E-state index is -0.0405. The molecule has 0 aliphatic heterocycles. The Hall–Kier alpha value is -3.59. The van der Waals surface area contributed by atoms with E-state index in [9.17, 15) is 4.79 Å². The molecule has 0 fully saturated rings. The number of rotatable bonds is 3. The molecular weight excluding hydrogens is 326 g/mol. The van der Waals surface area contributed by atoms with Gasteiger partial charge in [-0.05, 0) is 30.3 Å². The molecule has 0 saturated carbocycles. The third-order valence-electron chi connectivity index (χ3n) is 4.71. The van der Waals surface area contributed by atoms with Crippen molar-refractivity contribution in [2.24, 2.45) is 7.05 Å². The van der Waals surface area contributed by atoms with Gasteiger partial charge in [0.1, 0.15) is 6.54 Å². The van der Waals surface area contributed by atoms with E-state index >= 15 is 0 Å². The van der Waals surface area contributed by atoms with E-state index in [-0.39, 0.29) is 12.5 Å². The van der Waals surface area contributed by atoms with Crippen LogP contribution in [0.4, 0.5) is 5.69 Å². The summed E-state index contributed by atoms with van der Waals surface area (Å²) >= 11 is 0. The van der Waals surface area contributed by atoms with Gasteiger partial charge in [0.15, 0.2) is 0 Å². The number of fused-ring (bicyclic) bond motifs is 3. The molecule has 6 heteroatoms. The van der Waals surface area contributed by atoms with Gasteiger partial charge >= 0.3 is 0 Å². The summed E-state index contributed by atoms with van der Waals surface area (Å²) in [6.45, 7) is 0.214. The quantitative estimate of drug-likeness (QED) is 0.574. The SMILES string of the molecule is CN(C(=O)Cn1c2ccccc2c2c1cnn2C)c1ccc(C#N)cc1. The summed E-state index contributed by atoms with van der Waals surface area (Å²) in [5.41, 5.74) is 4.30. The summed E-state index contributed by atoms with van der Waals surface area (Å²) in [5, 5.41) is 14.3.